The second kappa shape index (κ2) is 7.20. The summed E-state index contributed by atoms with van der Waals surface area (Å²) in [4.78, 5) is 26.3. The summed E-state index contributed by atoms with van der Waals surface area (Å²) in [5.41, 5.74) is 2.43. The van der Waals surface area contributed by atoms with Crippen molar-refractivity contribution < 1.29 is 9.21 Å². The Morgan fingerprint density at radius 1 is 1.11 bits per heavy atom. The van der Waals surface area contributed by atoms with Crippen molar-refractivity contribution >= 4 is 34.3 Å². The number of hydrogen-bond donors (Lipinski definition) is 1. The van der Waals surface area contributed by atoms with Crippen LogP contribution in [-0.4, -0.2) is 27.1 Å². The molecule has 0 atom stereocenters. The summed E-state index contributed by atoms with van der Waals surface area (Å²) in [5, 5.41) is 4.51. The van der Waals surface area contributed by atoms with Crippen LogP contribution in [0.3, 0.4) is 0 Å². The quantitative estimate of drug-likeness (QED) is 0.415. The van der Waals surface area contributed by atoms with Gasteiger partial charge in [-0.15, -0.1) is 11.8 Å². The minimum Gasteiger partial charge on any atom is -0.461 e. The predicted molar refractivity (Wildman–Crippen MR) is 106 cm³/mol. The highest BCUT2D eigenvalue weighted by Gasteiger charge is 2.20. The van der Waals surface area contributed by atoms with Gasteiger partial charge in [-0.3, -0.25) is 9.78 Å². The molecule has 4 rings (SSSR count). The Morgan fingerprint density at radius 3 is 2.74 bits per heavy atom. The summed E-state index contributed by atoms with van der Waals surface area (Å²) >= 11 is 1.39. The van der Waals surface area contributed by atoms with Crippen LogP contribution in [0.2, 0.25) is 0 Å². The molecule has 134 valence electrons. The molecule has 6 nitrogen and oxygen atoms in total. The number of fused-ring (bicyclic) bond motifs is 1. The molecular formula is C20H16N4O2S. The van der Waals surface area contributed by atoms with Crippen molar-refractivity contribution in [3.63, 3.8) is 0 Å². The van der Waals surface area contributed by atoms with Gasteiger partial charge in [-0.2, -0.15) is 0 Å². The molecular weight excluding hydrogens is 360 g/mol. The highest BCUT2D eigenvalue weighted by molar-refractivity contribution is 7.98. The molecule has 1 aromatic carbocycles. The third kappa shape index (κ3) is 3.29. The van der Waals surface area contributed by atoms with E-state index in [2.05, 4.69) is 20.3 Å². The lowest BCUT2D eigenvalue weighted by Gasteiger charge is -2.12. The van der Waals surface area contributed by atoms with E-state index < -0.39 is 0 Å². The van der Waals surface area contributed by atoms with E-state index in [-0.39, 0.29) is 5.91 Å². The maximum Gasteiger partial charge on any atom is 0.260 e. The van der Waals surface area contributed by atoms with Crippen LogP contribution in [0.4, 0.5) is 5.69 Å². The fourth-order valence-corrected chi connectivity index (χ4v) is 3.48. The van der Waals surface area contributed by atoms with Crippen LogP contribution in [0.25, 0.3) is 22.5 Å². The lowest BCUT2D eigenvalue weighted by atomic mass is 10.1. The Bertz CT molecular complexity index is 1120. The SMILES string of the molecule is CSc1nc(-c2ccco2)nc(C)c1C(=O)Nc1cccc2cccnc12. The second-order valence-corrected chi connectivity index (χ2v) is 6.62. The average molecular weight is 376 g/mol. The van der Waals surface area contributed by atoms with Gasteiger partial charge in [0.2, 0.25) is 0 Å². The summed E-state index contributed by atoms with van der Waals surface area (Å²) < 4.78 is 5.38. The topological polar surface area (TPSA) is 80.9 Å². The molecule has 7 heteroatoms. The third-order valence-corrected chi connectivity index (χ3v) is 4.78. The molecule has 4 aromatic rings. The van der Waals surface area contributed by atoms with Gasteiger partial charge in [-0.1, -0.05) is 18.2 Å². The van der Waals surface area contributed by atoms with Crippen LogP contribution in [0.1, 0.15) is 16.1 Å². The lowest BCUT2D eigenvalue weighted by molar-refractivity contribution is 0.102. The Hall–Kier alpha value is -3.19. The Balaban J connectivity index is 1.73. The number of nitrogens with one attached hydrogen (secondary N) is 1. The van der Waals surface area contributed by atoms with Gasteiger partial charge in [-0.25, -0.2) is 9.97 Å². The molecule has 0 saturated carbocycles. The molecule has 0 bridgehead atoms. The molecule has 0 radical (unpaired) electrons. The standard InChI is InChI=1S/C20H16N4O2S/c1-12-16(20(27-2)24-18(22-12)15-9-5-11-26-15)19(25)23-14-8-3-6-13-7-4-10-21-17(13)14/h3-11H,1-2H3,(H,23,25). The summed E-state index contributed by atoms with van der Waals surface area (Å²) in [6, 6.07) is 13.1. The van der Waals surface area contributed by atoms with Crippen LogP contribution in [0, 0.1) is 6.92 Å². The maximum absolute atomic E-state index is 13.0. The molecule has 3 heterocycles. The molecule has 27 heavy (non-hydrogen) atoms. The number of furan rings is 1. The zero-order valence-electron chi connectivity index (χ0n) is 14.8. The van der Waals surface area contributed by atoms with E-state index in [9.17, 15) is 4.79 Å². The van der Waals surface area contributed by atoms with Gasteiger partial charge in [0.1, 0.15) is 5.03 Å². The molecule has 0 aliphatic heterocycles. The van der Waals surface area contributed by atoms with E-state index in [1.54, 1.807) is 31.5 Å². The normalized spacial score (nSPS) is 10.9. The fraction of sp³-hybridized carbons (Fsp3) is 0.100. The monoisotopic (exact) mass is 376 g/mol. The van der Waals surface area contributed by atoms with E-state index in [0.29, 0.717) is 33.6 Å². The smallest absolute Gasteiger partial charge is 0.260 e. The van der Waals surface area contributed by atoms with Gasteiger partial charge in [0, 0.05) is 11.6 Å². The summed E-state index contributed by atoms with van der Waals surface area (Å²) in [6.45, 7) is 1.80. The number of hydrogen-bond acceptors (Lipinski definition) is 6. The van der Waals surface area contributed by atoms with Crippen molar-refractivity contribution in [1.82, 2.24) is 15.0 Å². The number of pyridine rings is 1. The number of aryl methyl sites for hydroxylation is 1. The van der Waals surface area contributed by atoms with Gasteiger partial charge >= 0.3 is 0 Å². The number of rotatable bonds is 4. The van der Waals surface area contributed by atoms with Gasteiger partial charge < -0.3 is 9.73 Å². The third-order valence-electron chi connectivity index (χ3n) is 4.10. The Kier molecular flexibility index (Phi) is 4.60. The van der Waals surface area contributed by atoms with Crippen molar-refractivity contribution in [2.24, 2.45) is 0 Å². The van der Waals surface area contributed by atoms with Crippen molar-refractivity contribution in [2.75, 3.05) is 11.6 Å². The summed E-state index contributed by atoms with van der Waals surface area (Å²) in [6.07, 6.45) is 5.16. The zero-order chi connectivity index (χ0) is 18.8. The van der Waals surface area contributed by atoms with Crippen LogP contribution in [-0.2, 0) is 0 Å². The molecule has 0 aliphatic rings. The highest BCUT2D eigenvalue weighted by atomic mass is 32.2. The van der Waals surface area contributed by atoms with E-state index in [4.69, 9.17) is 4.42 Å². The molecule has 3 aromatic heterocycles. The van der Waals surface area contributed by atoms with Gasteiger partial charge in [0.05, 0.1) is 28.7 Å². The van der Waals surface area contributed by atoms with E-state index >= 15 is 0 Å². The number of carbonyl (C=O) groups excluding carboxylic acids is 1. The zero-order valence-corrected chi connectivity index (χ0v) is 15.6. The number of carbonyl (C=O) groups is 1. The van der Waals surface area contributed by atoms with Gasteiger partial charge in [-0.05, 0) is 37.4 Å². The van der Waals surface area contributed by atoms with Crippen LogP contribution in [0.5, 0.6) is 0 Å². The molecule has 0 fully saturated rings. The molecule has 0 aliphatic carbocycles. The Labute approximate surface area is 160 Å². The number of nitrogens with zero attached hydrogens (tertiary/aromatic N) is 3. The summed E-state index contributed by atoms with van der Waals surface area (Å²) in [7, 11) is 0. The number of amides is 1. The number of thioether (sulfide) groups is 1. The maximum atomic E-state index is 13.0. The Morgan fingerprint density at radius 2 is 1.96 bits per heavy atom. The molecule has 0 spiro atoms. The molecule has 0 unspecified atom stereocenters. The molecule has 1 N–H and O–H groups in total. The number of benzene rings is 1. The van der Waals surface area contributed by atoms with Crippen molar-refractivity contribution in [3.8, 4) is 11.6 Å². The van der Waals surface area contributed by atoms with Crippen molar-refractivity contribution in [3.05, 3.63) is 66.2 Å². The average Bonchev–Trinajstić information content (AvgIpc) is 3.22. The van der Waals surface area contributed by atoms with Gasteiger partial charge in [0.25, 0.3) is 5.91 Å². The number of para-hydroxylation sites is 1. The van der Waals surface area contributed by atoms with E-state index in [1.807, 2.05) is 36.6 Å². The predicted octanol–water partition coefficient (Wildman–Crippen LogP) is 4.57. The van der Waals surface area contributed by atoms with Gasteiger partial charge in [0.15, 0.2) is 11.6 Å². The van der Waals surface area contributed by atoms with Crippen LogP contribution in [0.15, 0.2) is 64.4 Å². The molecule has 1 amide bonds. The van der Waals surface area contributed by atoms with Crippen LogP contribution < -0.4 is 5.32 Å². The minimum absolute atomic E-state index is 0.263. The number of aromatic nitrogens is 3. The van der Waals surface area contributed by atoms with E-state index in [0.717, 1.165) is 10.9 Å². The fourth-order valence-electron chi connectivity index (χ4n) is 2.86. The first-order chi connectivity index (χ1) is 13.2. The number of anilines is 1. The first-order valence-corrected chi connectivity index (χ1v) is 9.51. The first-order valence-electron chi connectivity index (χ1n) is 8.29. The van der Waals surface area contributed by atoms with Crippen LogP contribution >= 0.6 is 11.8 Å². The highest BCUT2D eigenvalue weighted by Crippen LogP contribution is 2.27. The largest absolute Gasteiger partial charge is 0.461 e. The lowest BCUT2D eigenvalue weighted by Crippen LogP contribution is -2.17. The van der Waals surface area contributed by atoms with Crippen molar-refractivity contribution in [2.45, 2.75) is 11.9 Å². The second-order valence-electron chi connectivity index (χ2n) is 5.83. The molecule has 0 saturated heterocycles. The summed E-state index contributed by atoms with van der Waals surface area (Å²) in [5.74, 6) is 0.768. The minimum atomic E-state index is -0.263. The first kappa shape index (κ1) is 17.2. The van der Waals surface area contributed by atoms with E-state index in [1.165, 1.54) is 11.8 Å². The van der Waals surface area contributed by atoms with Crippen molar-refractivity contribution in [1.29, 1.82) is 0 Å².